The van der Waals surface area contributed by atoms with Crippen LogP contribution in [0.2, 0.25) is 0 Å². The summed E-state index contributed by atoms with van der Waals surface area (Å²) in [5.74, 6) is -0.897. The van der Waals surface area contributed by atoms with Gasteiger partial charge in [0.2, 0.25) is 0 Å². The highest BCUT2D eigenvalue weighted by Crippen LogP contribution is 2.15. The molecule has 14 heavy (non-hydrogen) atoms. The zero-order chi connectivity index (χ0) is 10.6. The summed E-state index contributed by atoms with van der Waals surface area (Å²) in [6.45, 7) is 6.19. The number of rotatable bonds is 4. The van der Waals surface area contributed by atoms with Crippen LogP contribution < -0.4 is 5.32 Å². The van der Waals surface area contributed by atoms with E-state index in [9.17, 15) is 8.78 Å². The Labute approximate surface area is 82.4 Å². The molecule has 0 radical (unpaired) electrons. The molecule has 0 aliphatic heterocycles. The molecule has 0 saturated heterocycles. The maximum absolute atomic E-state index is 13.1. The van der Waals surface area contributed by atoms with Crippen molar-refractivity contribution >= 4 is 5.69 Å². The number of nitrogens with one attached hydrogen (secondary N) is 1. The zero-order valence-electron chi connectivity index (χ0n) is 8.11. The van der Waals surface area contributed by atoms with E-state index in [0.717, 1.165) is 30.2 Å². The van der Waals surface area contributed by atoms with E-state index in [4.69, 9.17) is 0 Å². The quantitative estimate of drug-likeness (QED) is 0.730. The van der Waals surface area contributed by atoms with Crippen LogP contribution in [0.15, 0.2) is 30.4 Å². The van der Waals surface area contributed by atoms with Gasteiger partial charge in [0, 0.05) is 6.54 Å². The molecule has 0 amide bonds. The van der Waals surface area contributed by atoms with E-state index in [1.54, 1.807) is 0 Å². The maximum atomic E-state index is 13.1. The third-order valence-corrected chi connectivity index (χ3v) is 1.96. The van der Waals surface area contributed by atoms with Crippen LogP contribution in [-0.4, -0.2) is 6.54 Å². The first-order valence-corrected chi connectivity index (χ1v) is 4.49. The number of hydrogen-bond donors (Lipinski definition) is 1. The molecule has 3 heteroatoms. The summed E-state index contributed by atoms with van der Waals surface area (Å²) in [4.78, 5) is 0. The summed E-state index contributed by atoms with van der Waals surface area (Å²) < 4.78 is 25.8. The summed E-state index contributed by atoms with van der Waals surface area (Å²) in [5, 5.41) is 2.79. The van der Waals surface area contributed by atoms with Crippen molar-refractivity contribution in [1.29, 1.82) is 0 Å². The van der Waals surface area contributed by atoms with Crippen molar-refractivity contribution in [1.82, 2.24) is 0 Å². The summed E-state index contributed by atoms with van der Waals surface area (Å²) in [7, 11) is 0. The zero-order valence-corrected chi connectivity index (χ0v) is 8.11. The Morgan fingerprint density at radius 3 is 2.79 bits per heavy atom. The van der Waals surface area contributed by atoms with Crippen LogP contribution >= 0.6 is 0 Å². The SMILES string of the molecule is C=C(CC)CNc1cc(F)ccc1F. The minimum absolute atomic E-state index is 0.180. The van der Waals surface area contributed by atoms with Crippen LogP contribution in [0.5, 0.6) is 0 Å². The lowest BCUT2D eigenvalue weighted by atomic mass is 10.2. The topological polar surface area (TPSA) is 12.0 Å². The molecule has 0 heterocycles. The molecule has 1 N–H and O–H groups in total. The van der Waals surface area contributed by atoms with Crippen LogP contribution in [0.25, 0.3) is 0 Å². The predicted molar refractivity (Wildman–Crippen MR) is 54.3 cm³/mol. The lowest BCUT2D eigenvalue weighted by Gasteiger charge is -2.08. The Balaban J connectivity index is 2.66. The molecule has 0 fully saturated rings. The Morgan fingerprint density at radius 1 is 1.43 bits per heavy atom. The van der Waals surface area contributed by atoms with E-state index in [1.807, 2.05) is 6.92 Å². The average Bonchev–Trinajstić information content (AvgIpc) is 2.19. The lowest BCUT2D eigenvalue weighted by molar-refractivity contribution is 0.602. The van der Waals surface area contributed by atoms with Crippen molar-refractivity contribution in [2.75, 3.05) is 11.9 Å². The third kappa shape index (κ3) is 2.83. The van der Waals surface area contributed by atoms with Crippen LogP contribution in [0.3, 0.4) is 0 Å². The summed E-state index contributed by atoms with van der Waals surface area (Å²) >= 11 is 0. The van der Waals surface area contributed by atoms with Gasteiger partial charge in [-0.05, 0) is 24.6 Å². The van der Waals surface area contributed by atoms with Crippen molar-refractivity contribution in [3.05, 3.63) is 42.0 Å². The van der Waals surface area contributed by atoms with Crippen molar-refractivity contribution in [3.8, 4) is 0 Å². The van der Waals surface area contributed by atoms with Gasteiger partial charge in [0.05, 0.1) is 5.69 Å². The van der Waals surface area contributed by atoms with E-state index >= 15 is 0 Å². The molecule has 0 aliphatic carbocycles. The highest BCUT2D eigenvalue weighted by atomic mass is 19.1. The van der Waals surface area contributed by atoms with Gasteiger partial charge in [-0.25, -0.2) is 8.78 Å². The van der Waals surface area contributed by atoms with Crippen LogP contribution in [0.4, 0.5) is 14.5 Å². The van der Waals surface area contributed by atoms with E-state index in [0.29, 0.717) is 6.54 Å². The molecule has 0 unspecified atom stereocenters. The minimum Gasteiger partial charge on any atom is -0.379 e. The van der Waals surface area contributed by atoms with E-state index in [-0.39, 0.29) is 5.69 Å². The van der Waals surface area contributed by atoms with E-state index in [1.165, 1.54) is 0 Å². The Morgan fingerprint density at radius 2 is 2.14 bits per heavy atom. The first-order chi connectivity index (χ1) is 6.63. The molecule has 0 atom stereocenters. The van der Waals surface area contributed by atoms with Gasteiger partial charge in [-0.3, -0.25) is 0 Å². The summed E-state index contributed by atoms with van der Waals surface area (Å²) in [6.07, 6.45) is 0.823. The highest BCUT2D eigenvalue weighted by molar-refractivity contribution is 5.45. The fourth-order valence-corrected chi connectivity index (χ4v) is 0.978. The van der Waals surface area contributed by atoms with Gasteiger partial charge in [0.1, 0.15) is 11.6 Å². The molecular formula is C11H13F2N. The average molecular weight is 197 g/mol. The summed E-state index contributed by atoms with van der Waals surface area (Å²) in [5.41, 5.74) is 1.13. The van der Waals surface area contributed by atoms with Crippen LogP contribution in [-0.2, 0) is 0 Å². The Kier molecular flexibility index (Phi) is 3.63. The third-order valence-electron chi connectivity index (χ3n) is 1.96. The number of anilines is 1. The molecule has 1 nitrogen and oxygen atoms in total. The normalized spacial score (nSPS) is 9.93. The second-order valence-corrected chi connectivity index (χ2v) is 3.08. The molecule has 1 aromatic rings. The molecule has 1 rings (SSSR count). The molecule has 0 aliphatic rings. The first kappa shape index (κ1) is 10.7. The minimum atomic E-state index is -0.449. The van der Waals surface area contributed by atoms with Gasteiger partial charge >= 0.3 is 0 Å². The van der Waals surface area contributed by atoms with Gasteiger partial charge in [0.15, 0.2) is 0 Å². The number of hydrogen-bond acceptors (Lipinski definition) is 1. The fraction of sp³-hybridized carbons (Fsp3) is 0.273. The Hall–Kier alpha value is -1.38. The van der Waals surface area contributed by atoms with Crippen molar-refractivity contribution in [2.24, 2.45) is 0 Å². The van der Waals surface area contributed by atoms with Gasteiger partial charge < -0.3 is 5.32 Å². The Bertz CT molecular complexity index is 334. The molecule has 0 bridgehead atoms. The smallest absolute Gasteiger partial charge is 0.146 e. The monoisotopic (exact) mass is 197 g/mol. The second kappa shape index (κ2) is 4.74. The molecule has 0 spiro atoms. The van der Waals surface area contributed by atoms with E-state index in [2.05, 4.69) is 11.9 Å². The van der Waals surface area contributed by atoms with E-state index < -0.39 is 11.6 Å². The van der Waals surface area contributed by atoms with Gasteiger partial charge in [0.25, 0.3) is 0 Å². The van der Waals surface area contributed by atoms with Crippen molar-refractivity contribution in [3.63, 3.8) is 0 Å². The number of benzene rings is 1. The van der Waals surface area contributed by atoms with Gasteiger partial charge in [-0.1, -0.05) is 19.1 Å². The van der Waals surface area contributed by atoms with Crippen LogP contribution in [0.1, 0.15) is 13.3 Å². The highest BCUT2D eigenvalue weighted by Gasteiger charge is 2.02. The fourth-order valence-electron chi connectivity index (χ4n) is 0.978. The number of halogens is 2. The predicted octanol–water partition coefficient (Wildman–Crippen LogP) is 3.34. The van der Waals surface area contributed by atoms with Crippen molar-refractivity contribution < 1.29 is 8.78 Å². The maximum Gasteiger partial charge on any atom is 0.146 e. The largest absolute Gasteiger partial charge is 0.379 e. The molecule has 0 aromatic heterocycles. The molecule has 76 valence electrons. The summed E-state index contributed by atoms with van der Waals surface area (Å²) in [6, 6.07) is 3.33. The molecule has 1 aromatic carbocycles. The van der Waals surface area contributed by atoms with Crippen molar-refractivity contribution in [2.45, 2.75) is 13.3 Å². The van der Waals surface area contributed by atoms with Gasteiger partial charge in [-0.15, -0.1) is 0 Å². The second-order valence-electron chi connectivity index (χ2n) is 3.08. The molecular weight excluding hydrogens is 184 g/mol. The lowest BCUT2D eigenvalue weighted by Crippen LogP contribution is -2.05. The molecule has 0 saturated carbocycles. The van der Waals surface area contributed by atoms with Gasteiger partial charge in [-0.2, -0.15) is 0 Å². The van der Waals surface area contributed by atoms with Crippen LogP contribution in [0, 0.1) is 11.6 Å². The first-order valence-electron chi connectivity index (χ1n) is 4.49. The standard InChI is InChI=1S/C11H13F2N/c1-3-8(2)7-14-11-6-9(12)4-5-10(11)13/h4-6,14H,2-3,7H2,1H3.